The molecule has 3 heterocycles. The third kappa shape index (κ3) is 4.81. The predicted octanol–water partition coefficient (Wildman–Crippen LogP) is 2.93. The van der Waals surface area contributed by atoms with E-state index in [1.165, 1.54) is 6.20 Å². The normalized spacial score (nSPS) is 15.7. The van der Waals surface area contributed by atoms with Crippen molar-refractivity contribution in [1.82, 2.24) is 14.8 Å². The largest absolute Gasteiger partial charge is 0.369 e. The number of alkyl halides is 1. The molecule has 1 aliphatic heterocycles. The zero-order chi connectivity index (χ0) is 20.9. The van der Waals surface area contributed by atoms with Crippen LogP contribution in [0.2, 0.25) is 0 Å². The maximum Gasteiger partial charge on any atom is 0.229 e. The van der Waals surface area contributed by atoms with Crippen LogP contribution in [-0.4, -0.2) is 39.9 Å². The SMILES string of the molecule is N#Cc1ccc(Cn2ccc(NC(=O)Cc3ccc(N4CCC(F)C4)cc3)n2)nc1. The van der Waals surface area contributed by atoms with E-state index in [1.54, 1.807) is 29.1 Å². The third-order valence-electron chi connectivity index (χ3n) is 4.98. The number of aromatic nitrogens is 3. The molecule has 0 spiro atoms. The molecule has 4 rings (SSSR count). The van der Waals surface area contributed by atoms with Crippen LogP contribution in [0, 0.1) is 11.3 Å². The van der Waals surface area contributed by atoms with Gasteiger partial charge in [0.2, 0.25) is 5.91 Å². The number of rotatable bonds is 6. The number of pyridine rings is 1. The molecule has 152 valence electrons. The predicted molar refractivity (Wildman–Crippen MR) is 111 cm³/mol. The molecule has 0 saturated carbocycles. The zero-order valence-corrected chi connectivity index (χ0v) is 16.3. The van der Waals surface area contributed by atoms with Gasteiger partial charge in [-0.15, -0.1) is 0 Å². The molecular weight excluding hydrogens is 383 g/mol. The van der Waals surface area contributed by atoms with Gasteiger partial charge in [0.25, 0.3) is 0 Å². The molecule has 1 fully saturated rings. The van der Waals surface area contributed by atoms with Crippen LogP contribution in [0.15, 0.2) is 54.9 Å². The molecule has 1 amide bonds. The van der Waals surface area contributed by atoms with Gasteiger partial charge in [-0.05, 0) is 36.2 Å². The minimum atomic E-state index is -0.761. The van der Waals surface area contributed by atoms with Gasteiger partial charge in [-0.3, -0.25) is 14.5 Å². The number of nitriles is 1. The maximum absolute atomic E-state index is 13.4. The van der Waals surface area contributed by atoms with E-state index in [0.29, 0.717) is 30.9 Å². The Bertz CT molecular complexity index is 1050. The maximum atomic E-state index is 13.4. The highest BCUT2D eigenvalue weighted by molar-refractivity contribution is 5.91. The van der Waals surface area contributed by atoms with E-state index in [2.05, 4.69) is 15.4 Å². The van der Waals surface area contributed by atoms with Crippen LogP contribution in [0.4, 0.5) is 15.9 Å². The summed E-state index contributed by atoms with van der Waals surface area (Å²) in [5.41, 5.74) is 3.14. The van der Waals surface area contributed by atoms with E-state index in [1.807, 2.05) is 35.2 Å². The summed E-state index contributed by atoms with van der Waals surface area (Å²) in [6.07, 6.45) is 3.32. The number of hydrogen-bond donors (Lipinski definition) is 1. The van der Waals surface area contributed by atoms with Gasteiger partial charge in [0.1, 0.15) is 12.2 Å². The molecule has 3 aromatic rings. The van der Waals surface area contributed by atoms with E-state index in [-0.39, 0.29) is 12.3 Å². The molecule has 1 N–H and O–H groups in total. The molecule has 1 aromatic carbocycles. The minimum absolute atomic E-state index is 0.158. The van der Waals surface area contributed by atoms with Crippen LogP contribution in [0.5, 0.6) is 0 Å². The van der Waals surface area contributed by atoms with Crippen LogP contribution >= 0.6 is 0 Å². The Morgan fingerprint density at radius 1 is 1.23 bits per heavy atom. The number of hydrogen-bond acceptors (Lipinski definition) is 5. The van der Waals surface area contributed by atoms with Gasteiger partial charge in [-0.2, -0.15) is 10.4 Å². The second kappa shape index (κ2) is 8.74. The summed E-state index contributed by atoms with van der Waals surface area (Å²) >= 11 is 0. The van der Waals surface area contributed by atoms with E-state index in [9.17, 15) is 9.18 Å². The van der Waals surface area contributed by atoms with Crippen LogP contribution in [-0.2, 0) is 17.8 Å². The average molecular weight is 404 g/mol. The number of nitrogens with zero attached hydrogens (tertiary/aromatic N) is 5. The molecule has 0 aliphatic carbocycles. The molecule has 2 aromatic heterocycles. The Balaban J connectivity index is 1.30. The second-order valence-electron chi connectivity index (χ2n) is 7.27. The standard InChI is InChI=1S/C22H21FN6O/c23-18-7-9-28(14-18)20-5-2-16(3-6-20)11-22(30)26-21-8-10-29(27-21)15-19-4-1-17(12-24)13-25-19/h1-6,8,10,13,18H,7,9,11,14-15H2,(H,26,27,30). The zero-order valence-electron chi connectivity index (χ0n) is 16.3. The molecule has 1 saturated heterocycles. The number of amides is 1. The van der Waals surface area contributed by atoms with Crippen molar-refractivity contribution in [2.45, 2.75) is 25.6 Å². The van der Waals surface area contributed by atoms with Gasteiger partial charge in [0.15, 0.2) is 5.82 Å². The number of carbonyl (C=O) groups excluding carboxylic acids is 1. The molecule has 0 radical (unpaired) electrons. The second-order valence-corrected chi connectivity index (χ2v) is 7.27. The minimum Gasteiger partial charge on any atom is -0.369 e. The topological polar surface area (TPSA) is 86.8 Å². The molecular formula is C22H21FN6O. The third-order valence-corrected chi connectivity index (χ3v) is 4.98. The summed E-state index contributed by atoms with van der Waals surface area (Å²) in [5, 5.41) is 16.0. The quantitative estimate of drug-likeness (QED) is 0.683. The van der Waals surface area contributed by atoms with Crippen LogP contribution < -0.4 is 10.2 Å². The Labute approximate surface area is 173 Å². The van der Waals surface area contributed by atoms with Crippen molar-refractivity contribution in [2.24, 2.45) is 0 Å². The van der Waals surface area contributed by atoms with Gasteiger partial charge in [0, 0.05) is 37.2 Å². The van der Waals surface area contributed by atoms with Crippen molar-refractivity contribution in [1.29, 1.82) is 5.26 Å². The van der Waals surface area contributed by atoms with Crippen LogP contribution in [0.25, 0.3) is 0 Å². The highest BCUT2D eigenvalue weighted by atomic mass is 19.1. The summed E-state index contributed by atoms with van der Waals surface area (Å²) < 4.78 is 15.0. The summed E-state index contributed by atoms with van der Waals surface area (Å²) in [5.74, 6) is 0.311. The number of halogens is 1. The van der Waals surface area contributed by atoms with Crippen LogP contribution in [0.3, 0.4) is 0 Å². The molecule has 1 aliphatic rings. The van der Waals surface area contributed by atoms with Gasteiger partial charge < -0.3 is 10.2 Å². The van der Waals surface area contributed by atoms with Crippen molar-refractivity contribution < 1.29 is 9.18 Å². The first-order chi connectivity index (χ1) is 14.6. The van der Waals surface area contributed by atoms with Crippen molar-refractivity contribution in [3.05, 3.63) is 71.7 Å². The molecule has 7 nitrogen and oxygen atoms in total. The molecule has 30 heavy (non-hydrogen) atoms. The first kappa shape index (κ1) is 19.6. The molecule has 8 heteroatoms. The lowest BCUT2D eigenvalue weighted by Crippen LogP contribution is -2.20. The van der Waals surface area contributed by atoms with Crippen molar-refractivity contribution in [2.75, 3.05) is 23.3 Å². The fourth-order valence-electron chi connectivity index (χ4n) is 3.42. The van der Waals surface area contributed by atoms with Gasteiger partial charge in [0.05, 0.1) is 24.2 Å². The Morgan fingerprint density at radius 3 is 2.73 bits per heavy atom. The van der Waals surface area contributed by atoms with E-state index in [0.717, 1.165) is 23.5 Å². The van der Waals surface area contributed by atoms with Gasteiger partial charge in [-0.1, -0.05) is 12.1 Å². The fraction of sp³-hybridized carbons (Fsp3) is 0.273. The number of carbonyl (C=O) groups is 1. The first-order valence-electron chi connectivity index (χ1n) is 9.75. The Hall–Kier alpha value is -3.73. The molecule has 1 atom stereocenters. The number of benzene rings is 1. The Kier molecular flexibility index (Phi) is 5.70. The highest BCUT2D eigenvalue weighted by Gasteiger charge is 2.21. The number of anilines is 2. The number of nitrogens with one attached hydrogen (secondary N) is 1. The van der Waals surface area contributed by atoms with Crippen LogP contribution in [0.1, 0.15) is 23.2 Å². The summed E-state index contributed by atoms with van der Waals surface area (Å²) in [4.78, 5) is 18.6. The first-order valence-corrected chi connectivity index (χ1v) is 9.75. The molecule has 0 bridgehead atoms. The van der Waals surface area contributed by atoms with E-state index in [4.69, 9.17) is 5.26 Å². The Morgan fingerprint density at radius 2 is 2.07 bits per heavy atom. The fourth-order valence-corrected chi connectivity index (χ4v) is 3.42. The lowest BCUT2D eigenvalue weighted by Gasteiger charge is -2.17. The highest BCUT2D eigenvalue weighted by Crippen LogP contribution is 2.22. The lowest BCUT2D eigenvalue weighted by molar-refractivity contribution is -0.115. The average Bonchev–Trinajstić information content (AvgIpc) is 3.38. The summed E-state index contributed by atoms with van der Waals surface area (Å²) in [6, 6.07) is 14.9. The van der Waals surface area contributed by atoms with Crippen molar-refractivity contribution in [3.63, 3.8) is 0 Å². The van der Waals surface area contributed by atoms with Crippen molar-refractivity contribution >= 4 is 17.4 Å². The molecule has 1 unspecified atom stereocenters. The van der Waals surface area contributed by atoms with Gasteiger partial charge in [-0.25, -0.2) is 4.39 Å². The smallest absolute Gasteiger partial charge is 0.229 e. The summed E-state index contributed by atoms with van der Waals surface area (Å²) in [7, 11) is 0. The van der Waals surface area contributed by atoms with E-state index < -0.39 is 6.17 Å². The monoisotopic (exact) mass is 404 g/mol. The van der Waals surface area contributed by atoms with Crippen molar-refractivity contribution in [3.8, 4) is 6.07 Å². The lowest BCUT2D eigenvalue weighted by atomic mass is 10.1. The summed E-state index contributed by atoms with van der Waals surface area (Å²) in [6.45, 7) is 1.60. The van der Waals surface area contributed by atoms with E-state index >= 15 is 0 Å². The van der Waals surface area contributed by atoms with Gasteiger partial charge >= 0.3 is 0 Å².